The van der Waals surface area contributed by atoms with Crippen molar-refractivity contribution in [3.63, 3.8) is 0 Å². The molecule has 7 nitrogen and oxygen atoms in total. The third-order valence-corrected chi connectivity index (χ3v) is 5.94. The lowest BCUT2D eigenvalue weighted by Crippen LogP contribution is -2.06. The molecule has 9 heteroatoms. The zero-order valence-electron chi connectivity index (χ0n) is 16.3. The number of hydrogen-bond donors (Lipinski definition) is 0. The molecule has 1 aliphatic rings. The molecule has 156 valence electrons. The summed E-state index contributed by atoms with van der Waals surface area (Å²) in [6.45, 7) is 4.42. The van der Waals surface area contributed by atoms with Gasteiger partial charge in [-0.1, -0.05) is 19.4 Å². The lowest BCUT2D eigenvalue weighted by atomic mass is 10.1. The maximum atomic E-state index is 12.3. The molecule has 0 atom stereocenters. The smallest absolute Gasteiger partial charge is 0.363 e. The molecule has 2 aromatic rings. The predicted molar refractivity (Wildman–Crippen MR) is 131 cm³/mol. The van der Waals surface area contributed by atoms with Gasteiger partial charge in [0.05, 0.1) is 18.7 Å². The number of nitro benzene ring substituents is 1. The van der Waals surface area contributed by atoms with Gasteiger partial charge in [-0.25, -0.2) is 9.79 Å². The number of hydrogen-bond acceptors (Lipinski definition) is 6. The van der Waals surface area contributed by atoms with Crippen LogP contribution in [0.1, 0.15) is 36.5 Å². The minimum atomic E-state index is -0.596. The van der Waals surface area contributed by atoms with Gasteiger partial charge in [0.2, 0.25) is 5.90 Å². The number of carbonyl (C=O) groups is 1. The number of carbonyl (C=O) groups excluding carboxylic acids is 1. The van der Waals surface area contributed by atoms with Crippen LogP contribution >= 0.6 is 45.2 Å². The number of nitro groups is 1. The first-order valence-electron chi connectivity index (χ1n) is 9.20. The Bertz CT molecular complexity index is 1060. The van der Waals surface area contributed by atoms with E-state index in [1.165, 1.54) is 6.07 Å². The molecular formula is C21H18I2N2O5. The lowest BCUT2D eigenvalue weighted by molar-refractivity contribution is -0.385. The molecule has 0 radical (unpaired) electrons. The van der Waals surface area contributed by atoms with Crippen molar-refractivity contribution in [3.05, 3.63) is 70.0 Å². The first-order chi connectivity index (χ1) is 14.3. The molecule has 3 rings (SSSR count). The number of benzene rings is 2. The Labute approximate surface area is 201 Å². The number of rotatable bonds is 7. The van der Waals surface area contributed by atoms with Crippen LogP contribution in [-0.4, -0.2) is 23.4 Å². The van der Waals surface area contributed by atoms with Crippen LogP contribution in [0.2, 0.25) is 0 Å². The standard InChI is InChI=1S/C21H18I2N2O5/c1-3-4-7-29-19-15(22)8-13(9-16(19)23)10-17-21(26)30-20(24-17)14-6-5-12(2)18(11-14)25(27)28/h5-6,8-11H,3-4,7H2,1-2H3/b17-10-. The first-order valence-corrected chi connectivity index (χ1v) is 11.4. The molecule has 0 saturated carbocycles. The van der Waals surface area contributed by atoms with E-state index >= 15 is 0 Å². The van der Waals surface area contributed by atoms with Gasteiger partial charge >= 0.3 is 5.97 Å². The molecule has 1 heterocycles. The summed E-state index contributed by atoms with van der Waals surface area (Å²) < 4.78 is 13.0. The summed E-state index contributed by atoms with van der Waals surface area (Å²) in [6.07, 6.45) is 3.68. The maximum Gasteiger partial charge on any atom is 0.363 e. The molecule has 0 spiro atoms. The van der Waals surface area contributed by atoms with Gasteiger partial charge in [0.25, 0.3) is 5.69 Å². The molecule has 30 heavy (non-hydrogen) atoms. The minimum Gasteiger partial charge on any atom is -0.491 e. The second-order valence-electron chi connectivity index (χ2n) is 6.61. The zero-order chi connectivity index (χ0) is 21.8. The Morgan fingerprint density at radius 3 is 2.57 bits per heavy atom. The van der Waals surface area contributed by atoms with Gasteiger partial charge in [-0.05, 0) is 88.4 Å². The third-order valence-electron chi connectivity index (χ3n) is 4.34. The van der Waals surface area contributed by atoms with Crippen LogP contribution in [0.5, 0.6) is 5.75 Å². The SMILES string of the molecule is CCCCOc1c(I)cc(/C=C2\N=C(c3ccc(C)c([N+](=O)[O-])c3)OC2=O)cc1I. The maximum absolute atomic E-state index is 12.3. The Morgan fingerprint density at radius 1 is 1.23 bits per heavy atom. The number of halogens is 2. The van der Waals surface area contributed by atoms with Crippen LogP contribution in [0.25, 0.3) is 6.08 Å². The Kier molecular flexibility index (Phi) is 7.45. The van der Waals surface area contributed by atoms with Crippen LogP contribution in [0.3, 0.4) is 0 Å². The molecule has 0 amide bonds. The molecule has 0 N–H and O–H groups in total. The third kappa shape index (κ3) is 5.17. The monoisotopic (exact) mass is 632 g/mol. The molecule has 2 aromatic carbocycles. The number of aryl methyl sites for hydroxylation is 1. The molecule has 0 aromatic heterocycles. The van der Waals surface area contributed by atoms with Crippen LogP contribution in [0.4, 0.5) is 5.69 Å². The summed E-state index contributed by atoms with van der Waals surface area (Å²) in [7, 11) is 0. The number of aliphatic imine (C=N–C) groups is 1. The van der Waals surface area contributed by atoms with E-state index in [-0.39, 0.29) is 17.3 Å². The average Bonchev–Trinajstić information content (AvgIpc) is 3.04. The molecule has 1 aliphatic heterocycles. The summed E-state index contributed by atoms with van der Waals surface area (Å²) in [4.78, 5) is 27.2. The quantitative estimate of drug-likeness (QED) is 0.0986. The Balaban J connectivity index is 1.89. The van der Waals surface area contributed by atoms with Gasteiger partial charge in [0, 0.05) is 17.2 Å². The molecular weight excluding hydrogens is 614 g/mol. The first kappa shape index (κ1) is 22.7. The van der Waals surface area contributed by atoms with Crippen LogP contribution < -0.4 is 4.74 Å². The van der Waals surface area contributed by atoms with Crippen molar-refractivity contribution in [2.75, 3.05) is 6.61 Å². The minimum absolute atomic E-state index is 0.0496. The normalized spacial score (nSPS) is 14.6. The van der Waals surface area contributed by atoms with Gasteiger partial charge in [-0.2, -0.15) is 0 Å². The molecule has 0 unspecified atom stereocenters. The number of unbranched alkanes of at least 4 members (excludes halogenated alkanes) is 1. The number of nitrogens with zero attached hydrogens (tertiary/aromatic N) is 2. The number of esters is 1. The van der Waals surface area contributed by atoms with Crippen molar-refractivity contribution in [3.8, 4) is 5.75 Å². The highest BCUT2D eigenvalue weighted by molar-refractivity contribution is 14.1. The fourth-order valence-electron chi connectivity index (χ4n) is 2.75. The van der Waals surface area contributed by atoms with Gasteiger partial charge < -0.3 is 9.47 Å². The topological polar surface area (TPSA) is 91.0 Å². The van der Waals surface area contributed by atoms with Crippen LogP contribution in [0.15, 0.2) is 41.0 Å². The van der Waals surface area contributed by atoms with Gasteiger partial charge in [0.15, 0.2) is 5.70 Å². The van der Waals surface area contributed by atoms with Crippen molar-refractivity contribution >= 4 is 68.8 Å². The second kappa shape index (κ2) is 9.86. The van der Waals surface area contributed by atoms with Gasteiger partial charge in [-0.3, -0.25) is 10.1 Å². The van der Waals surface area contributed by atoms with E-state index < -0.39 is 10.9 Å². The highest BCUT2D eigenvalue weighted by Gasteiger charge is 2.26. The van der Waals surface area contributed by atoms with Gasteiger partial charge in [0.1, 0.15) is 5.75 Å². The molecule has 0 bridgehead atoms. The van der Waals surface area contributed by atoms with E-state index in [9.17, 15) is 14.9 Å². The lowest BCUT2D eigenvalue weighted by Gasteiger charge is -2.11. The summed E-state index contributed by atoms with van der Waals surface area (Å²) in [5, 5.41) is 11.2. The van der Waals surface area contributed by atoms with Crippen LogP contribution in [0, 0.1) is 24.2 Å². The number of cyclic esters (lactones) is 1. The largest absolute Gasteiger partial charge is 0.491 e. The molecule has 0 aliphatic carbocycles. The summed E-state index contributed by atoms with van der Waals surface area (Å²) in [5.41, 5.74) is 1.78. The van der Waals surface area contributed by atoms with E-state index in [1.54, 1.807) is 25.1 Å². The van der Waals surface area contributed by atoms with Crippen molar-refractivity contribution in [2.45, 2.75) is 26.7 Å². The van der Waals surface area contributed by atoms with E-state index in [1.807, 2.05) is 12.1 Å². The summed E-state index contributed by atoms with van der Waals surface area (Å²) in [5.74, 6) is 0.289. The fourth-order valence-corrected chi connectivity index (χ4v) is 4.88. The van der Waals surface area contributed by atoms with E-state index in [2.05, 4.69) is 57.1 Å². The Hall–Kier alpha value is -2.02. The predicted octanol–water partition coefficient (Wildman–Crippen LogP) is 5.64. The van der Waals surface area contributed by atoms with Crippen LogP contribution in [-0.2, 0) is 9.53 Å². The van der Waals surface area contributed by atoms with Crippen molar-refractivity contribution in [1.82, 2.24) is 0 Å². The molecule has 0 saturated heterocycles. The number of ether oxygens (including phenoxy) is 2. The summed E-state index contributed by atoms with van der Waals surface area (Å²) >= 11 is 4.41. The average molecular weight is 632 g/mol. The van der Waals surface area contributed by atoms with Crippen molar-refractivity contribution in [1.29, 1.82) is 0 Å². The molecule has 0 fully saturated rings. The summed E-state index contributed by atoms with van der Waals surface area (Å²) in [6, 6.07) is 8.43. The van der Waals surface area contributed by atoms with Gasteiger partial charge in [-0.15, -0.1) is 0 Å². The highest BCUT2D eigenvalue weighted by Crippen LogP contribution is 2.31. The zero-order valence-corrected chi connectivity index (χ0v) is 20.6. The van der Waals surface area contributed by atoms with Crippen molar-refractivity contribution < 1.29 is 19.2 Å². The van der Waals surface area contributed by atoms with E-state index in [0.29, 0.717) is 17.7 Å². The van der Waals surface area contributed by atoms with Crippen molar-refractivity contribution in [2.24, 2.45) is 4.99 Å². The highest BCUT2D eigenvalue weighted by atomic mass is 127. The fraction of sp³-hybridized carbons (Fsp3) is 0.238. The second-order valence-corrected chi connectivity index (χ2v) is 8.93. The van der Waals surface area contributed by atoms with E-state index in [0.717, 1.165) is 31.3 Å². The van der Waals surface area contributed by atoms with E-state index in [4.69, 9.17) is 9.47 Å². The Morgan fingerprint density at radius 2 is 1.93 bits per heavy atom.